The van der Waals surface area contributed by atoms with E-state index in [9.17, 15) is 0 Å². The van der Waals surface area contributed by atoms with Gasteiger partial charge in [0.1, 0.15) is 0 Å². The lowest BCUT2D eigenvalue weighted by molar-refractivity contribution is -0.436. The van der Waals surface area contributed by atoms with Gasteiger partial charge in [-0.1, -0.05) is 4.68 Å². The van der Waals surface area contributed by atoms with Crippen LogP contribution in [-0.2, 0) is 0 Å². The first-order chi connectivity index (χ1) is 4.97. The van der Waals surface area contributed by atoms with E-state index in [0.29, 0.717) is 0 Å². The summed E-state index contributed by atoms with van der Waals surface area (Å²) >= 11 is 1.69. The minimum Gasteiger partial charge on any atom is -0.145 e. The second-order valence-corrected chi connectivity index (χ2v) is 2.82. The van der Waals surface area contributed by atoms with Crippen LogP contribution in [0, 0.1) is 0 Å². The van der Waals surface area contributed by atoms with Crippen LogP contribution < -0.4 is 0 Å². The van der Waals surface area contributed by atoms with E-state index in [1.165, 1.54) is 5.69 Å². The average molecular weight is 151 g/mol. The van der Waals surface area contributed by atoms with Gasteiger partial charge in [0.2, 0.25) is 5.69 Å². The molecule has 2 nitrogen and oxygen atoms in total. The van der Waals surface area contributed by atoms with Crippen molar-refractivity contribution >= 4 is 29.5 Å². The quantitative estimate of drug-likeness (QED) is 0.544. The topological polar surface area (TPSA) is 15.4 Å². The van der Waals surface area contributed by atoms with Crippen molar-refractivity contribution < 1.29 is 4.68 Å². The second-order valence-electron chi connectivity index (χ2n) is 2.04. The van der Waals surface area contributed by atoms with Gasteiger partial charge in [-0.2, -0.15) is 0 Å². The van der Waals surface area contributed by atoms with Gasteiger partial charge in [-0.25, -0.2) is 0 Å². The summed E-state index contributed by atoms with van der Waals surface area (Å²) in [7, 11) is 0. The Morgan fingerprint density at radius 2 is 2.60 bits per heavy atom. The van der Waals surface area contributed by atoms with Gasteiger partial charge in [-0.15, -0.1) is 11.3 Å². The number of rotatable bonds is 1. The summed E-state index contributed by atoms with van der Waals surface area (Å²) in [5.74, 6) is 0. The van der Waals surface area contributed by atoms with Crippen molar-refractivity contribution in [2.45, 2.75) is 6.42 Å². The summed E-state index contributed by atoms with van der Waals surface area (Å²) in [6.07, 6.45) is 4.91. The number of hydrogen-bond donors (Lipinski definition) is 0. The smallest absolute Gasteiger partial charge is 0.145 e. The van der Waals surface area contributed by atoms with E-state index >= 15 is 0 Å². The molecule has 1 aliphatic heterocycles. The van der Waals surface area contributed by atoms with E-state index in [0.717, 1.165) is 6.42 Å². The first-order valence-electron chi connectivity index (χ1n) is 3.14. The standard InChI is InChI=1S/C7H7N2S/c1-3-8-9(4-1)7-2-5-10-6-7/h2-6H,1H2/q+1. The molecule has 0 aliphatic carbocycles. The van der Waals surface area contributed by atoms with Gasteiger partial charge >= 0.3 is 0 Å². The highest BCUT2D eigenvalue weighted by Gasteiger charge is 2.10. The van der Waals surface area contributed by atoms with E-state index in [2.05, 4.69) is 28.1 Å². The molecule has 1 aromatic heterocycles. The molecule has 10 heavy (non-hydrogen) atoms. The lowest BCUT2D eigenvalue weighted by atomic mass is 10.5. The molecule has 0 spiro atoms. The van der Waals surface area contributed by atoms with E-state index in [4.69, 9.17) is 0 Å². The molecule has 0 fully saturated rings. The van der Waals surface area contributed by atoms with Crippen molar-refractivity contribution in [3.63, 3.8) is 0 Å². The number of hydrazone groups is 1. The maximum Gasteiger partial charge on any atom is 0.248 e. The molecule has 1 aromatic rings. The molecule has 0 saturated heterocycles. The molecule has 0 unspecified atom stereocenters. The molecule has 2 rings (SSSR count). The summed E-state index contributed by atoms with van der Waals surface area (Å²) < 4.78 is 1.90. The molecule has 0 aromatic carbocycles. The monoisotopic (exact) mass is 151 g/mol. The highest BCUT2D eigenvalue weighted by Crippen LogP contribution is 2.16. The predicted octanol–water partition coefficient (Wildman–Crippen LogP) is 1.85. The minimum absolute atomic E-state index is 0.954. The highest BCUT2D eigenvalue weighted by molar-refractivity contribution is 7.08. The average Bonchev–Trinajstić information content (AvgIpc) is 2.59. The van der Waals surface area contributed by atoms with Crippen molar-refractivity contribution in [3.05, 3.63) is 16.8 Å². The van der Waals surface area contributed by atoms with Crippen molar-refractivity contribution in [2.24, 2.45) is 5.10 Å². The van der Waals surface area contributed by atoms with Gasteiger partial charge in [-0.05, 0) is 10.5 Å². The molecule has 2 heterocycles. The van der Waals surface area contributed by atoms with E-state index in [-0.39, 0.29) is 0 Å². The van der Waals surface area contributed by atoms with Crippen LogP contribution in [0.3, 0.4) is 0 Å². The van der Waals surface area contributed by atoms with Crippen molar-refractivity contribution in [1.82, 2.24) is 0 Å². The van der Waals surface area contributed by atoms with Crippen LogP contribution in [0.15, 0.2) is 21.9 Å². The summed E-state index contributed by atoms with van der Waals surface area (Å²) in [5.41, 5.74) is 1.17. The van der Waals surface area contributed by atoms with E-state index < -0.39 is 0 Å². The largest absolute Gasteiger partial charge is 0.248 e. The number of nitrogens with zero attached hydrogens (tertiary/aromatic N) is 2. The van der Waals surface area contributed by atoms with Crippen molar-refractivity contribution in [2.75, 3.05) is 0 Å². The Balaban J connectivity index is 2.36. The molecule has 0 radical (unpaired) electrons. The SMILES string of the molecule is C1=N[N+](c2ccsc2)=CC1. The Hall–Kier alpha value is -0.960. The Morgan fingerprint density at radius 3 is 3.20 bits per heavy atom. The molecule has 0 N–H and O–H groups in total. The molecule has 0 saturated carbocycles. The molecule has 50 valence electrons. The molecule has 0 bridgehead atoms. The summed E-state index contributed by atoms with van der Waals surface area (Å²) in [4.78, 5) is 0. The Kier molecular flexibility index (Phi) is 1.36. The first kappa shape index (κ1) is 5.80. The zero-order valence-electron chi connectivity index (χ0n) is 5.40. The first-order valence-corrected chi connectivity index (χ1v) is 4.08. The fraction of sp³-hybridized carbons (Fsp3) is 0.143. The van der Waals surface area contributed by atoms with Crippen LogP contribution in [-0.4, -0.2) is 17.1 Å². The van der Waals surface area contributed by atoms with Crippen LogP contribution >= 0.6 is 11.3 Å². The lowest BCUT2D eigenvalue weighted by Gasteiger charge is -1.80. The Bertz CT molecular complexity index is 272. The third-order valence-electron chi connectivity index (χ3n) is 1.36. The Labute approximate surface area is 63.1 Å². The third-order valence-corrected chi connectivity index (χ3v) is 2.03. The molecule has 1 aliphatic rings. The lowest BCUT2D eigenvalue weighted by Crippen LogP contribution is -1.89. The molecule has 3 heteroatoms. The maximum atomic E-state index is 4.14. The van der Waals surface area contributed by atoms with E-state index in [1.807, 2.05) is 10.9 Å². The van der Waals surface area contributed by atoms with Crippen LogP contribution in [0.5, 0.6) is 0 Å². The van der Waals surface area contributed by atoms with Crippen LogP contribution in [0.1, 0.15) is 6.42 Å². The summed E-state index contributed by atoms with van der Waals surface area (Å²) in [6.45, 7) is 0. The highest BCUT2D eigenvalue weighted by atomic mass is 32.1. The van der Waals surface area contributed by atoms with Gasteiger partial charge in [0.15, 0.2) is 6.21 Å². The molecular weight excluding hydrogens is 144 g/mol. The fourth-order valence-corrected chi connectivity index (χ4v) is 1.51. The maximum absolute atomic E-state index is 4.14. The van der Waals surface area contributed by atoms with Crippen LogP contribution in [0.4, 0.5) is 5.69 Å². The van der Waals surface area contributed by atoms with Crippen molar-refractivity contribution in [3.8, 4) is 0 Å². The van der Waals surface area contributed by atoms with Gasteiger partial charge in [0, 0.05) is 6.07 Å². The molecular formula is C7H7N2S+. The second kappa shape index (κ2) is 2.34. The number of hydrogen-bond acceptors (Lipinski definition) is 2. The van der Waals surface area contributed by atoms with Crippen molar-refractivity contribution in [1.29, 1.82) is 0 Å². The third kappa shape index (κ3) is 0.885. The van der Waals surface area contributed by atoms with Gasteiger partial charge in [-0.3, -0.25) is 0 Å². The van der Waals surface area contributed by atoms with Crippen LogP contribution in [0.25, 0.3) is 0 Å². The van der Waals surface area contributed by atoms with E-state index in [1.54, 1.807) is 11.3 Å². The van der Waals surface area contributed by atoms with Gasteiger partial charge < -0.3 is 0 Å². The normalized spacial score (nSPS) is 15.8. The molecule has 0 amide bonds. The number of thiophene rings is 1. The zero-order chi connectivity index (χ0) is 6.81. The summed E-state index contributed by atoms with van der Waals surface area (Å²) in [5, 5.41) is 8.27. The zero-order valence-corrected chi connectivity index (χ0v) is 6.21. The van der Waals surface area contributed by atoms with Gasteiger partial charge in [0.05, 0.1) is 18.0 Å². The Morgan fingerprint density at radius 1 is 1.60 bits per heavy atom. The van der Waals surface area contributed by atoms with Crippen LogP contribution in [0.2, 0.25) is 0 Å². The molecule has 0 atom stereocenters. The predicted molar refractivity (Wildman–Crippen MR) is 43.4 cm³/mol. The van der Waals surface area contributed by atoms with Gasteiger partial charge in [0.25, 0.3) is 0 Å². The fourth-order valence-electron chi connectivity index (χ4n) is 0.889. The summed E-state index contributed by atoms with van der Waals surface area (Å²) in [6, 6.07) is 2.06. The minimum atomic E-state index is 0.954.